The summed E-state index contributed by atoms with van der Waals surface area (Å²) in [7, 11) is 0. The highest BCUT2D eigenvalue weighted by Gasteiger charge is 2.51. The smallest absolute Gasteiger partial charge is 0.170 e. The van der Waals surface area contributed by atoms with Crippen molar-refractivity contribution in [2.24, 2.45) is 47.3 Å². The fraction of sp³-hybridized carbons (Fsp3) is 0.645. The third-order valence-corrected chi connectivity index (χ3v) is 10.5. The number of hydrogen-bond donors (Lipinski definition) is 1. The van der Waals surface area contributed by atoms with E-state index >= 15 is 0 Å². The van der Waals surface area contributed by atoms with E-state index in [1.807, 2.05) is 0 Å². The first-order chi connectivity index (χ1) is 17.0. The molecule has 5 fully saturated rings. The van der Waals surface area contributed by atoms with Crippen LogP contribution in [0.4, 0.5) is 0 Å². The summed E-state index contributed by atoms with van der Waals surface area (Å²) in [6.07, 6.45) is 22.3. The van der Waals surface area contributed by atoms with Crippen molar-refractivity contribution < 1.29 is 19.5 Å². The summed E-state index contributed by atoms with van der Waals surface area (Å²) >= 11 is 0. The number of Topliss-reactive ketones (excluding diaryl/α,β-unsaturated/α-hetero) is 3. The first kappa shape index (κ1) is 23.2. The molecular formula is C31H38O4. The molecule has 0 aliphatic heterocycles. The van der Waals surface area contributed by atoms with Gasteiger partial charge in [-0.15, -0.1) is 0 Å². The second kappa shape index (κ2) is 9.33. The van der Waals surface area contributed by atoms with Crippen molar-refractivity contribution in [2.45, 2.75) is 77.0 Å². The Morgan fingerprint density at radius 1 is 0.571 bits per heavy atom. The van der Waals surface area contributed by atoms with E-state index < -0.39 is 0 Å². The van der Waals surface area contributed by atoms with E-state index in [0.29, 0.717) is 34.8 Å². The molecule has 5 saturated carbocycles. The Bertz CT molecular complexity index is 1010. The molecule has 0 bridgehead atoms. The van der Waals surface area contributed by atoms with Crippen molar-refractivity contribution in [1.82, 2.24) is 0 Å². The number of fused-ring (bicyclic) bond motifs is 4. The lowest BCUT2D eigenvalue weighted by atomic mass is 9.64. The Labute approximate surface area is 208 Å². The average Bonchev–Trinajstić information content (AvgIpc) is 3.25. The molecule has 0 aromatic carbocycles. The molecule has 0 saturated heterocycles. The second-order valence-electron chi connectivity index (χ2n) is 12.2. The van der Waals surface area contributed by atoms with Crippen LogP contribution < -0.4 is 0 Å². The summed E-state index contributed by atoms with van der Waals surface area (Å²) in [5, 5.41) is 10.8. The molecule has 0 aromatic rings. The van der Waals surface area contributed by atoms with Gasteiger partial charge in [-0.2, -0.15) is 0 Å². The van der Waals surface area contributed by atoms with E-state index in [1.165, 1.54) is 51.4 Å². The van der Waals surface area contributed by atoms with Gasteiger partial charge in [-0.05, 0) is 61.5 Å². The number of allylic oxidation sites excluding steroid dienone is 8. The van der Waals surface area contributed by atoms with E-state index in [0.717, 1.165) is 25.7 Å². The molecule has 0 amide bonds. The minimum Gasteiger partial charge on any atom is -0.511 e. The highest BCUT2D eigenvalue weighted by atomic mass is 16.3. The van der Waals surface area contributed by atoms with Gasteiger partial charge < -0.3 is 5.11 Å². The molecule has 0 heterocycles. The number of hydrogen-bond acceptors (Lipinski definition) is 4. The molecule has 8 atom stereocenters. The van der Waals surface area contributed by atoms with E-state index in [1.54, 1.807) is 30.4 Å². The molecule has 6 aliphatic carbocycles. The Kier molecular flexibility index (Phi) is 6.18. The predicted molar refractivity (Wildman–Crippen MR) is 134 cm³/mol. The quantitative estimate of drug-likeness (QED) is 0.299. The lowest BCUT2D eigenvalue weighted by Gasteiger charge is -2.40. The van der Waals surface area contributed by atoms with Crippen molar-refractivity contribution in [3.8, 4) is 0 Å². The maximum Gasteiger partial charge on any atom is 0.170 e. The van der Waals surface area contributed by atoms with Crippen LogP contribution in [0.25, 0.3) is 0 Å². The molecule has 6 aliphatic rings. The van der Waals surface area contributed by atoms with Crippen LogP contribution in [0.5, 0.6) is 0 Å². The summed E-state index contributed by atoms with van der Waals surface area (Å²) in [4.78, 5) is 39.1. The maximum atomic E-state index is 13.0. The molecule has 1 N–H and O–H groups in total. The molecule has 6 rings (SSSR count). The van der Waals surface area contributed by atoms with Gasteiger partial charge in [-0.1, -0.05) is 69.6 Å². The van der Waals surface area contributed by atoms with Crippen molar-refractivity contribution in [2.75, 3.05) is 0 Å². The van der Waals surface area contributed by atoms with Gasteiger partial charge in [-0.3, -0.25) is 14.4 Å². The highest BCUT2D eigenvalue weighted by molar-refractivity contribution is 6.27. The normalized spacial score (nSPS) is 41.4. The summed E-state index contributed by atoms with van der Waals surface area (Å²) < 4.78 is 0. The lowest BCUT2D eigenvalue weighted by Crippen LogP contribution is -2.35. The molecule has 186 valence electrons. The predicted octanol–water partition coefficient (Wildman–Crippen LogP) is 6.24. The molecule has 0 aromatic heterocycles. The molecular weight excluding hydrogens is 436 g/mol. The maximum absolute atomic E-state index is 13.0. The van der Waals surface area contributed by atoms with Crippen molar-refractivity contribution >= 4 is 17.3 Å². The molecule has 0 spiro atoms. The SMILES string of the molecule is O=C1C(=CC=CC=CC2=C(O)C3CC4CCCCC4CC3C2=O)C(=O)C2CC3CCCCC3CC12. The van der Waals surface area contributed by atoms with Crippen LogP contribution in [-0.2, 0) is 14.4 Å². The van der Waals surface area contributed by atoms with Crippen LogP contribution in [0.1, 0.15) is 77.0 Å². The standard InChI is InChI=1S/C31H38O4/c32-28-22(29(33)25-15-19-9-5-4-8-18(19)14-24(25)28)12-2-1-3-13-23-30(34)26-16-20-10-6-7-11-21(20)17-27(26)31(23)35/h1-3,12-13,18-21,24-27,32H,4-11,14-17H2. The number of aliphatic hydroxyl groups is 1. The number of rotatable bonds is 3. The van der Waals surface area contributed by atoms with Crippen molar-refractivity contribution in [3.63, 3.8) is 0 Å². The minimum absolute atomic E-state index is 0.00614. The molecule has 8 unspecified atom stereocenters. The van der Waals surface area contributed by atoms with Gasteiger partial charge >= 0.3 is 0 Å². The molecule has 0 radical (unpaired) electrons. The van der Waals surface area contributed by atoms with Crippen LogP contribution in [-0.4, -0.2) is 22.5 Å². The average molecular weight is 475 g/mol. The van der Waals surface area contributed by atoms with Gasteiger partial charge in [0.1, 0.15) is 5.76 Å². The van der Waals surface area contributed by atoms with E-state index in [-0.39, 0.29) is 46.8 Å². The fourth-order valence-electron chi connectivity index (χ4n) is 8.69. The zero-order chi connectivity index (χ0) is 24.1. The van der Waals surface area contributed by atoms with Gasteiger partial charge in [0, 0.05) is 23.7 Å². The van der Waals surface area contributed by atoms with E-state index in [4.69, 9.17) is 0 Å². The van der Waals surface area contributed by atoms with Crippen LogP contribution in [0, 0.1) is 47.3 Å². The van der Waals surface area contributed by atoms with E-state index in [2.05, 4.69) is 0 Å². The summed E-state index contributed by atoms with van der Waals surface area (Å²) in [6, 6.07) is 0. The monoisotopic (exact) mass is 474 g/mol. The summed E-state index contributed by atoms with van der Waals surface area (Å²) in [5.74, 6) is 2.71. The Hall–Kier alpha value is -2.23. The first-order valence-corrected chi connectivity index (χ1v) is 14.1. The van der Waals surface area contributed by atoms with E-state index in [9.17, 15) is 19.5 Å². The van der Waals surface area contributed by atoms with Crippen LogP contribution in [0.15, 0.2) is 47.3 Å². The van der Waals surface area contributed by atoms with Gasteiger partial charge in [-0.25, -0.2) is 0 Å². The van der Waals surface area contributed by atoms with Gasteiger partial charge in [0.25, 0.3) is 0 Å². The summed E-state index contributed by atoms with van der Waals surface area (Å²) in [6.45, 7) is 0. The van der Waals surface area contributed by atoms with Gasteiger partial charge in [0.15, 0.2) is 17.3 Å². The van der Waals surface area contributed by atoms with Crippen LogP contribution >= 0.6 is 0 Å². The van der Waals surface area contributed by atoms with Crippen molar-refractivity contribution in [3.05, 3.63) is 47.3 Å². The third kappa shape index (κ3) is 4.01. The lowest BCUT2D eigenvalue weighted by molar-refractivity contribution is -0.123. The minimum atomic E-state index is -0.109. The Morgan fingerprint density at radius 2 is 1.03 bits per heavy atom. The summed E-state index contributed by atoms with van der Waals surface area (Å²) in [5.41, 5.74) is 0.813. The van der Waals surface area contributed by atoms with Crippen LogP contribution in [0.3, 0.4) is 0 Å². The number of carbonyl (C=O) groups excluding carboxylic acids is 3. The van der Waals surface area contributed by atoms with Gasteiger partial charge in [0.2, 0.25) is 0 Å². The third-order valence-electron chi connectivity index (χ3n) is 10.5. The fourth-order valence-corrected chi connectivity index (χ4v) is 8.69. The Balaban J connectivity index is 1.12. The number of aliphatic hydroxyl groups excluding tert-OH is 1. The first-order valence-electron chi connectivity index (χ1n) is 14.1. The molecule has 4 nitrogen and oxygen atoms in total. The topological polar surface area (TPSA) is 71.4 Å². The van der Waals surface area contributed by atoms with Crippen LogP contribution in [0.2, 0.25) is 0 Å². The molecule has 4 heteroatoms. The Morgan fingerprint density at radius 3 is 1.54 bits per heavy atom. The largest absolute Gasteiger partial charge is 0.511 e. The van der Waals surface area contributed by atoms with Crippen molar-refractivity contribution in [1.29, 1.82) is 0 Å². The zero-order valence-electron chi connectivity index (χ0n) is 20.7. The highest BCUT2D eigenvalue weighted by Crippen LogP contribution is 2.52. The van der Waals surface area contributed by atoms with Gasteiger partial charge in [0.05, 0.1) is 11.1 Å². The second-order valence-corrected chi connectivity index (χ2v) is 12.2. The molecule has 35 heavy (non-hydrogen) atoms. The zero-order valence-corrected chi connectivity index (χ0v) is 20.7. The number of carbonyl (C=O) groups is 3. The number of ketones is 3.